The fourth-order valence-electron chi connectivity index (χ4n) is 1.35. The van der Waals surface area contributed by atoms with E-state index in [1.54, 1.807) is 6.07 Å². The van der Waals surface area contributed by atoms with Crippen LogP contribution in [0.5, 0.6) is 0 Å². The molecule has 1 saturated heterocycles. The minimum Gasteiger partial charge on any atom is -0.478 e. The van der Waals surface area contributed by atoms with E-state index in [-0.39, 0.29) is 18.3 Å². The van der Waals surface area contributed by atoms with Gasteiger partial charge in [0.05, 0.1) is 25.4 Å². The molecule has 1 heterocycles. The van der Waals surface area contributed by atoms with E-state index in [1.807, 2.05) is 0 Å². The summed E-state index contributed by atoms with van der Waals surface area (Å²) in [4.78, 5) is 10.6. The summed E-state index contributed by atoms with van der Waals surface area (Å²) in [6, 6.07) is 3.97. The van der Waals surface area contributed by atoms with Gasteiger partial charge in [0, 0.05) is 0 Å². The first kappa shape index (κ1) is 11.0. The number of benzene rings is 1. The molecule has 0 amide bonds. The molecule has 86 valence electrons. The lowest BCUT2D eigenvalue weighted by molar-refractivity contribution is -0.135. The Morgan fingerprint density at radius 1 is 1.56 bits per heavy atom. The van der Waals surface area contributed by atoms with Crippen LogP contribution in [-0.2, 0) is 16.1 Å². The van der Waals surface area contributed by atoms with Crippen molar-refractivity contribution in [1.82, 2.24) is 0 Å². The number of rotatable bonds is 4. The molecule has 0 aromatic heterocycles. The van der Waals surface area contributed by atoms with Crippen molar-refractivity contribution in [2.75, 3.05) is 13.2 Å². The van der Waals surface area contributed by atoms with E-state index in [9.17, 15) is 9.18 Å². The highest BCUT2D eigenvalue weighted by molar-refractivity contribution is 5.87. The van der Waals surface area contributed by atoms with Crippen molar-refractivity contribution in [3.8, 4) is 0 Å². The molecule has 1 aliphatic rings. The van der Waals surface area contributed by atoms with Crippen molar-refractivity contribution in [2.24, 2.45) is 0 Å². The standard InChI is InChI=1S/C11H11FO4/c12-10-3-7(1-2-9(10)11(13)14)4-16-8-5-15-6-8/h1-3,8H,4-6H2,(H,13,14). The first-order valence-corrected chi connectivity index (χ1v) is 4.88. The summed E-state index contributed by atoms with van der Waals surface area (Å²) in [6.45, 7) is 1.40. The van der Waals surface area contributed by atoms with Gasteiger partial charge in [0.2, 0.25) is 0 Å². The van der Waals surface area contributed by atoms with Gasteiger partial charge in [-0.25, -0.2) is 9.18 Å². The zero-order valence-electron chi connectivity index (χ0n) is 8.48. The third-order valence-corrected chi connectivity index (χ3v) is 2.36. The Labute approximate surface area is 91.6 Å². The SMILES string of the molecule is O=C(O)c1ccc(COC2COC2)cc1F. The molecule has 16 heavy (non-hydrogen) atoms. The smallest absolute Gasteiger partial charge is 0.338 e. The molecule has 1 aromatic carbocycles. The number of carbonyl (C=O) groups is 1. The van der Waals surface area contributed by atoms with Gasteiger partial charge in [-0.2, -0.15) is 0 Å². The molecule has 0 saturated carbocycles. The van der Waals surface area contributed by atoms with Crippen LogP contribution in [0.1, 0.15) is 15.9 Å². The molecule has 0 atom stereocenters. The molecular formula is C11H11FO4. The molecule has 5 heteroatoms. The summed E-state index contributed by atoms with van der Waals surface area (Å²) < 4.78 is 23.6. The van der Waals surface area contributed by atoms with Crippen LogP contribution in [-0.4, -0.2) is 30.4 Å². The fraction of sp³-hybridized carbons (Fsp3) is 0.364. The molecule has 1 fully saturated rings. The molecule has 0 aliphatic carbocycles. The van der Waals surface area contributed by atoms with Gasteiger partial charge in [0.1, 0.15) is 11.9 Å². The van der Waals surface area contributed by atoms with Crippen LogP contribution >= 0.6 is 0 Å². The zero-order valence-corrected chi connectivity index (χ0v) is 8.48. The van der Waals surface area contributed by atoms with Crippen molar-refractivity contribution in [1.29, 1.82) is 0 Å². The molecule has 0 bridgehead atoms. The number of ether oxygens (including phenoxy) is 2. The van der Waals surface area contributed by atoms with E-state index in [0.717, 1.165) is 0 Å². The molecule has 0 unspecified atom stereocenters. The second-order valence-electron chi connectivity index (χ2n) is 3.59. The van der Waals surface area contributed by atoms with E-state index in [0.29, 0.717) is 18.8 Å². The monoisotopic (exact) mass is 226 g/mol. The Kier molecular flexibility index (Phi) is 3.17. The van der Waals surface area contributed by atoms with Crippen LogP contribution in [0.4, 0.5) is 4.39 Å². The van der Waals surface area contributed by atoms with E-state index >= 15 is 0 Å². The molecule has 0 radical (unpaired) electrons. The maximum atomic E-state index is 13.3. The third kappa shape index (κ3) is 2.37. The molecular weight excluding hydrogens is 215 g/mol. The first-order valence-electron chi connectivity index (χ1n) is 4.88. The minimum absolute atomic E-state index is 0.0715. The lowest BCUT2D eigenvalue weighted by Crippen LogP contribution is -2.35. The summed E-state index contributed by atoms with van der Waals surface area (Å²) in [5.74, 6) is -2.00. The summed E-state index contributed by atoms with van der Waals surface area (Å²) >= 11 is 0. The van der Waals surface area contributed by atoms with Crippen molar-refractivity contribution >= 4 is 5.97 Å². The van der Waals surface area contributed by atoms with Crippen LogP contribution in [0.15, 0.2) is 18.2 Å². The van der Waals surface area contributed by atoms with Crippen molar-refractivity contribution in [2.45, 2.75) is 12.7 Å². The minimum atomic E-state index is -1.27. The quantitative estimate of drug-likeness (QED) is 0.844. The molecule has 1 aliphatic heterocycles. The second kappa shape index (κ2) is 4.59. The molecule has 1 N–H and O–H groups in total. The van der Waals surface area contributed by atoms with E-state index in [4.69, 9.17) is 14.6 Å². The number of carboxylic acids is 1. The summed E-state index contributed by atoms with van der Waals surface area (Å²) in [6.07, 6.45) is 0.0715. The van der Waals surface area contributed by atoms with Gasteiger partial charge in [-0.05, 0) is 17.7 Å². The predicted molar refractivity (Wildman–Crippen MR) is 52.8 cm³/mol. The Bertz CT molecular complexity index is 401. The summed E-state index contributed by atoms with van der Waals surface area (Å²) in [7, 11) is 0. The van der Waals surface area contributed by atoms with Crippen molar-refractivity contribution < 1.29 is 23.8 Å². The van der Waals surface area contributed by atoms with Crippen molar-refractivity contribution in [3.05, 3.63) is 35.1 Å². The Morgan fingerprint density at radius 3 is 2.81 bits per heavy atom. The van der Waals surface area contributed by atoms with Gasteiger partial charge in [-0.1, -0.05) is 6.07 Å². The maximum absolute atomic E-state index is 13.3. The average molecular weight is 226 g/mol. The average Bonchev–Trinajstić information content (AvgIpc) is 2.14. The van der Waals surface area contributed by atoms with Crippen LogP contribution in [0.2, 0.25) is 0 Å². The fourth-order valence-corrected chi connectivity index (χ4v) is 1.35. The van der Waals surface area contributed by atoms with Gasteiger partial charge >= 0.3 is 5.97 Å². The van der Waals surface area contributed by atoms with Gasteiger partial charge in [-0.15, -0.1) is 0 Å². The van der Waals surface area contributed by atoms with E-state index in [2.05, 4.69) is 0 Å². The maximum Gasteiger partial charge on any atom is 0.338 e. The summed E-state index contributed by atoms with van der Waals surface area (Å²) in [5, 5.41) is 8.63. The summed E-state index contributed by atoms with van der Waals surface area (Å²) in [5.41, 5.74) is 0.296. The number of aromatic carboxylic acids is 1. The van der Waals surface area contributed by atoms with Gasteiger partial charge in [0.15, 0.2) is 0 Å². The topological polar surface area (TPSA) is 55.8 Å². The van der Waals surface area contributed by atoms with E-state index < -0.39 is 11.8 Å². The highest BCUT2D eigenvalue weighted by Gasteiger charge is 2.19. The van der Waals surface area contributed by atoms with E-state index in [1.165, 1.54) is 12.1 Å². The largest absolute Gasteiger partial charge is 0.478 e. The van der Waals surface area contributed by atoms with Crippen LogP contribution < -0.4 is 0 Å². The molecule has 4 nitrogen and oxygen atoms in total. The number of carboxylic acid groups (broad SMARTS) is 1. The number of halogens is 1. The number of hydrogen-bond acceptors (Lipinski definition) is 3. The lowest BCUT2D eigenvalue weighted by Gasteiger charge is -2.25. The van der Waals surface area contributed by atoms with Crippen molar-refractivity contribution in [3.63, 3.8) is 0 Å². The van der Waals surface area contributed by atoms with Gasteiger partial charge < -0.3 is 14.6 Å². The number of hydrogen-bond donors (Lipinski definition) is 1. The third-order valence-electron chi connectivity index (χ3n) is 2.36. The van der Waals surface area contributed by atoms with Crippen LogP contribution in [0.3, 0.4) is 0 Å². The molecule has 1 aromatic rings. The van der Waals surface area contributed by atoms with Gasteiger partial charge in [-0.3, -0.25) is 0 Å². The Balaban J connectivity index is 1.99. The zero-order chi connectivity index (χ0) is 11.5. The Hall–Kier alpha value is -1.46. The molecule has 2 rings (SSSR count). The highest BCUT2D eigenvalue weighted by Crippen LogP contribution is 2.14. The first-order chi connectivity index (χ1) is 7.66. The lowest BCUT2D eigenvalue weighted by atomic mass is 10.1. The predicted octanol–water partition coefficient (Wildman–Crippen LogP) is 1.44. The second-order valence-corrected chi connectivity index (χ2v) is 3.59. The van der Waals surface area contributed by atoms with Crippen LogP contribution in [0, 0.1) is 5.82 Å². The molecule has 0 spiro atoms. The van der Waals surface area contributed by atoms with Crippen LogP contribution in [0.25, 0.3) is 0 Å². The normalized spacial score (nSPS) is 15.8. The highest BCUT2D eigenvalue weighted by atomic mass is 19.1. The van der Waals surface area contributed by atoms with Gasteiger partial charge in [0.25, 0.3) is 0 Å². The Morgan fingerprint density at radius 2 is 2.31 bits per heavy atom.